The van der Waals surface area contributed by atoms with Crippen LogP contribution in [-0.2, 0) is 42.7 Å². The summed E-state index contributed by atoms with van der Waals surface area (Å²) in [5, 5.41) is 148. The second kappa shape index (κ2) is 21.1. The van der Waals surface area contributed by atoms with Gasteiger partial charge in [-0.25, -0.2) is 0 Å². The van der Waals surface area contributed by atoms with E-state index in [0.29, 0.717) is 51.4 Å². The number of aliphatic hydroxyl groups is 14. The lowest BCUT2D eigenvalue weighted by atomic mass is 9.39. The van der Waals surface area contributed by atoms with Gasteiger partial charge in [0.2, 0.25) is 6.29 Å². The molecule has 0 bridgehead atoms. The first kappa shape index (κ1) is 54.2. The lowest BCUT2D eigenvalue weighted by Gasteiger charge is -2.66. The lowest BCUT2D eigenvalue weighted by Crippen LogP contribution is -2.68. The summed E-state index contributed by atoms with van der Waals surface area (Å²) < 4.78 is 48.1. The number of allylic oxidation sites excluding steroid dienone is 1. The molecule has 3 saturated carbocycles. The van der Waals surface area contributed by atoms with Gasteiger partial charge in [-0.2, -0.15) is 0 Å². The van der Waals surface area contributed by atoms with Gasteiger partial charge in [0.15, 0.2) is 18.9 Å². The van der Waals surface area contributed by atoms with E-state index in [1.807, 2.05) is 19.9 Å². The van der Waals surface area contributed by atoms with E-state index in [2.05, 4.69) is 13.5 Å². The van der Waals surface area contributed by atoms with Crippen LogP contribution < -0.4 is 0 Å². The van der Waals surface area contributed by atoms with Crippen molar-refractivity contribution in [1.29, 1.82) is 0 Å². The summed E-state index contributed by atoms with van der Waals surface area (Å²) in [7, 11) is 0. The minimum atomic E-state index is -1.96. The fourth-order valence-electron chi connectivity index (χ4n) is 13.2. The molecule has 7 fully saturated rings. The van der Waals surface area contributed by atoms with E-state index in [4.69, 9.17) is 37.9 Å². The SMILES string of the molecule is C=CC[C@@]12CC[C@H]3[C@@](C)(CCC[C@@]3(C)C(=O)O[C@@H]3OC(CO)[C@@H](O)C(O)C3O)[C@@H]1CCC(C)(OC1OC(CO)C(O)C(OC3OC(CO)C(O)C(O)C3O)C1OC1OC(CO)C(O)C(O)C1O)C2. The summed E-state index contributed by atoms with van der Waals surface area (Å²) in [6.07, 6.45) is -27.5. The zero-order valence-corrected chi connectivity index (χ0v) is 38.6. The van der Waals surface area contributed by atoms with Crippen LogP contribution in [-0.4, -0.2) is 232 Å². The monoisotopic (exact) mass is 982 g/mol. The fraction of sp³-hybridized carbons (Fsp3) is 0.933. The molecule has 0 radical (unpaired) electrons. The maximum absolute atomic E-state index is 14.3. The Morgan fingerprint density at radius 2 is 1.01 bits per heavy atom. The molecule has 0 spiro atoms. The Bertz CT molecular complexity index is 1710. The van der Waals surface area contributed by atoms with Gasteiger partial charge in [0.05, 0.1) is 37.4 Å². The molecule has 26 atom stereocenters. The van der Waals surface area contributed by atoms with Crippen molar-refractivity contribution in [3.05, 3.63) is 12.7 Å². The molecule has 0 aromatic rings. The van der Waals surface area contributed by atoms with Crippen LogP contribution in [0.4, 0.5) is 0 Å². The summed E-state index contributed by atoms with van der Waals surface area (Å²) in [5.41, 5.74) is -3.12. The number of aliphatic hydroxyl groups excluding tert-OH is 14. The zero-order chi connectivity index (χ0) is 49.8. The lowest BCUT2D eigenvalue weighted by molar-refractivity contribution is -0.402. The van der Waals surface area contributed by atoms with Gasteiger partial charge in [0.25, 0.3) is 0 Å². The molecular formula is C45H74O23. The number of rotatable bonds is 14. The van der Waals surface area contributed by atoms with Gasteiger partial charge in [-0.05, 0) is 87.9 Å². The van der Waals surface area contributed by atoms with Gasteiger partial charge in [0.1, 0.15) is 97.7 Å². The van der Waals surface area contributed by atoms with Crippen molar-refractivity contribution >= 4 is 5.97 Å². The van der Waals surface area contributed by atoms with Crippen LogP contribution in [0.15, 0.2) is 12.7 Å². The summed E-state index contributed by atoms with van der Waals surface area (Å²) in [6.45, 7) is 6.86. The molecule has 7 rings (SSSR count). The van der Waals surface area contributed by atoms with Crippen LogP contribution >= 0.6 is 0 Å². The minimum absolute atomic E-state index is 0.0224. The third kappa shape index (κ3) is 9.69. The number of esters is 1. The summed E-state index contributed by atoms with van der Waals surface area (Å²) in [6, 6.07) is 0. The molecule has 4 heterocycles. The molecule has 7 aliphatic rings. The highest BCUT2D eigenvalue weighted by Crippen LogP contribution is 2.70. The van der Waals surface area contributed by atoms with Gasteiger partial charge in [-0.1, -0.05) is 19.4 Å². The third-order valence-electron chi connectivity index (χ3n) is 16.7. The largest absolute Gasteiger partial charge is 0.432 e. The smallest absolute Gasteiger partial charge is 0.314 e. The van der Waals surface area contributed by atoms with E-state index in [1.54, 1.807) is 0 Å². The first-order valence-corrected chi connectivity index (χ1v) is 23.7. The highest BCUT2D eigenvalue weighted by atomic mass is 16.8. The van der Waals surface area contributed by atoms with Crippen molar-refractivity contribution in [2.75, 3.05) is 26.4 Å². The molecular weight excluding hydrogens is 908 g/mol. The van der Waals surface area contributed by atoms with E-state index < -0.39 is 177 Å². The van der Waals surface area contributed by atoms with E-state index in [1.165, 1.54) is 0 Å². The maximum Gasteiger partial charge on any atom is 0.314 e. The summed E-state index contributed by atoms with van der Waals surface area (Å²) >= 11 is 0. The minimum Gasteiger partial charge on any atom is -0.432 e. The first-order valence-electron chi connectivity index (χ1n) is 23.7. The number of hydrogen-bond acceptors (Lipinski definition) is 23. The molecule has 4 aliphatic heterocycles. The standard InChI is InChI=1S/C45H74O23/c1-5-9-45-13-8-23-43(3,10-6-11-44(23,4)41(60)67-39-34(59)31(56)27(52)21(16-48)63-39)24(45)7-12-42(2,18-45)68-40-36(66-38-33(58)30(55)26(51)20(15-47)62-38)35(28(53)22(17-49)64-40)65-37-32(57)29(54)25(50)19(14-46)61-37/h5,19-40,46-59H,1,6-18H2,2-4H3/t19?,20?,21?,22?,23-,24-,25?,26?,27+,28?,29?,30?,31?,32?,33?,34?,35?,36?,37?,38?,39-,40?,42?,43+,44+,45-/m0/s1. The number of fused-ring (bicyclic) bond motifs is 3. The number of ether oxygens (including phenoxy) is 8. The summed E-state index contributed by atoms with van der Waals surface area (Å²) in [4.78, 5) is 14.3. The van der Waals surface area contributed by atoms with Crippen LogP contribution in [0.1, 0.15) is 78.6 Å². The molecule has 23 nitrogen and oxygen atoms in total. The van der Waals surface area contributed by atoms with E-state index >= 15 is 0 Å². The zero-order valence-electron chi connectivity index (χ0n) is 38.6. The van der Waals surface area contributed by atoms with Gasteiger partial charge < -0.3 is 109 Å². The van der Waals surface area contributed by atoms with Crippen LogP contribution in [0.5, 0.6) is 0 Å². The first-order chi connectivity index (χ1) is 32.1. The molecule has 23 heteroatoms. The van der Waals surface area contributed by atoms with Crippen molar-refractivity contribution in [3.63, 3.8) is 0 Å². The molecule has 0 aromatic carbocycles. The van der Waals surface area contributed by atoms with E-state index in [9.17, 15) is 76.3 Å². The average Bonchev–Trinajstić information content (AvgIpc) is 3.30. The van der Waals surface area contributed by atoms with Crippen LogP contribution in [0.25, 0.3) is 0 Å². The molecule has 0 amide bonds. The van der Waals surface area contributed by atoms with Gasteiger partial charge in [-0.3, -0.25) is 4.79 Å². The van der Waals surface area contributed by atoms with Crippen LogP contribution in [0.2, 0.25) is 0 Å². The molecule has 19 unspecified atom stereocenters. The fourth-order valence-corrected chi connectivity index (χ4v) is 13.2. The van der Waals surface area contributed by atoms with Gasteiger partial charge in [0, 0.05) is 0 Å². The Hall–Kier alpha value is -1.63. The molecule has 4 saturated heterocycles. The normalized spacial score (nSPS) is 53.2. The average molecular weight is 983 g/mol. The van der Waals surface area contributed by atoms with E-state index in [0.717, 1.165) is 6.42 Å². The van der Waals surface area contributed by atoms with Crippen molar-refractivity contribution in [1.82, 2.24) is 0 Å². The van der Waals surface area contributed by atoms with Crippen LogP contribution in [0, 0.1) is 28.1 Å². The third-order valence-corrected chi connectivity index (χ3v) is 16.7. The highest BCUT2D eigenvalue weighted by molar-refractivity contribution is 5.77. The van der Waals surface area contributed by atoms with Crippen molar-refractivity contribution in [2.24, 2.45) is 28.1 Å². The quantitative estimate of drug-likeness (QED) is 0.0443. The second-order valence-corrected chi connectivity index (χ2v) is 21.0. The van der Waals surface area contributed by atoms with Gasteiger partial charge in [-0.15, -0.1) is 6.58 Å². The Morgan fingerprint density at radius 3 is 1.53 bits per heavy atom. The highest BCUT2D eigenvalue weighted by Gasteiger charge is 2.66. The molecule has 14 N–H and O–H groups in total. The predicted octanol–water partition coefficient (Wildman–Crippen LogP) is -4.48. The second-order valence-electron chi connectivity index (χ2n) is 21.0. The van der Waals surface area contributed by atoms with Crippen LogP contribution in [0.3, 0.4) is 0 Å². The number of carbonyl (C=O) groups excluding carboxylic acids is 1. The Kier molecular flexibility index (Phi) is 16.8. The number of carbonyl (C=O) groups is 1. The molecule has 0 aromatic heterocycles. The Balaban J connectivity index is 1.17. The maximum atomic E-state index is 14.3. The topological polar surface area (TPSA) is 374 Å². The Labute approximate surface area is 393 Å². The molecule has 3 aliphatic carbocycles. The predicted molar refractivity (Wildman–Crippen MR) is 226 cm³/mol. The van der Waals surface area contributed by atoms with Crippen molar-refractivity contribution in [2.45, 2.75) is 207 Å². The van der Waals surface area contributed by atoms with Crippen molar-refractivity contribution in [3.8, 4) is 0 Å². The Morgan fingerprint density at radius 1 is 0.559 bits per heavy atom. The number of hydrogen-bond donors (Lipinski definition) is 14. The van der Waals surface area contributed by atoms with Crippen molar-refractivity contribution < 1.29 is 114 Å². The molecule has 392 valence electrons. The van der Waals surface area contributed by atoms with E-state index in [-0.39, 0.29) is 11.8 Å². The molecule has 68 heavy (non-hydrogen) atoms. The van der Waals surface area contributed by atoms with Gasteiger partial charge >= 0.3 is 5.97 Å². The summed E-state index contributed by atoms with van der Waals surface area (Å²) in [5.74, 6) is -0.885.